The van der Waals surface area contributed by atoms with Crippen LogP contribution in [0.2, 0.25) is 0 Å². The smallest absolute Gasteiger partial charge is 0.234 e. The van der Waals surface area contributed by atoms with Gasteiger partial charge in [-0.1, -0.05) is 45.4 Å². The minimum atomic E-state index is -0.0892. The van der Waals surface area contributed by atoms with Crippen LogP contribution in [-0.4, -0.2) is 49.2 Å². The second kappa shape index (κ2) is 12.1. The maximum absolute atomic E-state index is 12.1. The molecule has 0 unspecified atom stereocenters. The first-order valence-electron chi connectivity index (χ1n) is 8.64. The lowest BCUT2D eigenvalue weighted by atomic mass is 9.96. The molecular formula is C17H35ClN2O2. The molecule has 1 saturated heterocycles. The van der Waals surface area contributed by atoms with E-state index in [0.717, 1.165) is 32.7 Å². The molecule has 1 aliphatic rings. The first-order valence-corrected chi connectivity index (χ1v) is 8.64. The van der Waals surface area contributed by atoms with Crippen LogP contribution < -0.4 is 5.32 Å². The Labute approximate surface area is 142 Å². The topological polar surface area (TPSA) is 41.6 Å². The van der Waals surface area contributed by atoms with Crippen molar-refractivity contribution in [1.29, 1.82) is 0 Å². The molecule has 0 bridgehead atoms. The zero-order chi connectivity index (χ0) is 15.6. The summed E-state index contributed by atoms with van der Waals surface area (Å²) in [6, 6.07) is 0. The van der Waals surface area contributed by atoms with Crippen LogP contribution in [0.4, 0.5) is 0 Å². The lowest BCUT2D eigenvalue weighted by molar-refractivity contribution is -0.124. The van der Waals surface area contributed by atoms with Gasteiger partial charge in [0.1, 0.15) is 0 Å². The molecule has 1 aliphatic heterocycles. The molecule has 0 aromatic carbocycles. The molecule has 4 nitrogen and oxygen atoms in total. The van der Waals surface area contributed by atoms with Crippen molar-refractivity contribution in [2.45, 2.75) is 71.3 Å². The Hall–Kier alpha value is -0.320. The normalized spacial score (nSPS) is 16.1. The molecule has 0 aliphatic carbocycles. The number of carbonyl (C=O) groups is 1. The van der Waals surface area contributed by atoms with Gasteiger partial charge in [-0.25, -0.2) is 0 Å². The number of morpholine rings is 1. The van der Waals surface area contributed by atoms with Crippen LogP contribution in [0.5, 0.6) is 0 Å². The third-order valence-electron chi connectivity index (χ3n) is 4.10. The fourth-order valence-corrected chi connectivity index (χ4v) is 2.79. The van der Waals surface area contributed by atoms with Gasteiger partial charge in [0.25, 0.3) is 0 Å². The minimum Gasteiger partial charge on any atom is -0.379 e. The zero-order valence-electron chi connectivity index (χ0n) is 14.7. The van der Waals surface area contributed by atoms with Crippen molar-refractivity contribution in [3.63, 3.8) is 0 Å². The van der Waals surface area contributed by atoms with E-state index in [1.54, 1.807) is 0 Å². The van der Waals surface area contributed by atoms with Gasteiger partial charge >= 0.3 is 0 Å². The van der Waals surface area contributed by atoms with Crippen LogP contribution >= 0.6 is 12.4 Å². The van der Waals surface area contributed by atoms with E-state index in [9.17, 15) is 4.79 Å². The van der Waals surface area contributed by atoms with Crippen molar-refractivity contribution in [3.8, 4) is 0 Å². The lowest BCUT2D eigenvalue weighted by Crippen LogP contribution is -2.49. The summed E-state index contributed by atoms with van der Waals surface area (Å²) in [5.74, 6) is 0.146. The van der Waals surface area contributed by atoms with Crippen molar-refractivity contribution >= 4 is 18.3 Å². The van der Waals surface area contributed by atoms with E-state index in [-0.39, 0.29) is 23.9 Å². The molecular weight excluding hydrogens is 300 g/mol. The van der Waals surface area contributed by atoms with Gasteiger partial charge in [0.15, 0.2) is 0 Å². The summed E-state index contributed by atoms with van der Waals surface area (Å²) < 4.78 is 5.30. The number of halogens is 1. The van der Waals surface area contributed by atoms with Crippen LogP contribution in [0.25, 0.3) is 0 Å². The number of ether oxygens (including phenoxy) is 1. The molecule has 22 heavy (non-hydrogen) atoms. The second-order valence-electron chi connectivity index (χ2n) is 6.84. The largest absolute Gasteiger partial charge is 0.379 e. The van der Waals surface area contributed by atoms with Crippen LogP contribution in [0.1, 0.15) is 65.7 Å². The highest BCUT2D eigenvalue weighted by Gasteiger charge is 2.21. The average Bonchev–Trinajstić information content (AvgIpc) is 2.43. The van der Waals surface area contributed by atoms with E-state index in [1.807, 2.05) is 0 Å². The Bertz CT molecular complexity index is 292. The van der Waals surface area contributed by atoms with Crippen LogP contribution in [0.3, 0.4) is 0 Å². The highest BCUT2D eigenvalue weighted by molar-refractivity contribution is 5.85. The predicted octanol–water partition coefficient (Wildman–Crippen LogP) is 3.39. The monoisotopic (exact) mass is 334 g/mol. The third kappa shape index (κ3) is 10.4. The van der Waals surface area contributed by atoms with E-state index in [1.165, 1.54) is 38.5 Å². The Morgan fingerprint density at radius 2 is 1.68 bits per heavy atom. The Kier molecular flexibility index (Phi) is 12.0. The second-order valence-corrected chi connectivity index (χ2v) is 6.84. The van der Waals surface area contributed by atoms with E-state index in [0.29, 0.717) is 6.54 Å². The molecule has 1 rings (SSSR count). The highest BCUT2D eigenvalue weighted by Crippen LogP contribution is 2.15. The summed E-state index contributed by atoms with van der Waals surface area (Å²) in [4.78, 5) is 14.3. The number of rotatable bonds is 10. The number of nitrogens with zero attached hydrogens (tertiary/aromatic N) is 1. The Morgan fingerprint density at radius 1 is 1.09 bits per heavy atom. The SMILES string of the molecule is CCCCCCCCC(C)(C)NC(=O)CN1CCOCC1.Cl. The number of unbranched alkanes of at least 4 members (excludes halogenated alkanes) is 5. The number of carbonyl (C=O) groups excluding carboxylic acids is 1. The molecule has 1 N–H and O–H groups in total. The minimum absolute atomic E-state index is 0. The molecule has 0 radical (unpaired) electrons. The van der Waals surface area contributed by atoms with Gasteiger partial charge in [0.2, 0.25) is 5.91 Å². The molecule has 1 heterocycles. The molecule has 1 fully saturated rings. The van der Waals surface area contributed by atoms with Gasteiger partial charge in [-0.2, -0.15) is 0 Å². The van der Waals surface area contributed by atoms with E-state index >= 15 is 0 Å². The standard InChI is InChI=1S/C17H34N2O2.ClH/c1-4-5-6-7-8-9-10-17(2,3)18-16(20)15-19-11-13-21-14-12-19;/h4-15H2,1-3H3,(H,18,20);1H. The van der Waals surface area contributed by atoms with Crippen molar-refractivity contribution in [3.05, 3.63) is 0 Å². The maximum Gasteiger partial charge on any atom is 0.234 e. The fraction of sp³-hybridized carbons (Fsp3) is 0.941. The van der Waals surface area contributed by atoms with E-state index < -0.39 is 0 Å². The highest BCUT2D eigenvalue weighted by atomic mass is 35.5. The van der Waals surface area contributed by atoms with Crippen LogP contribution in [-0.2, 0) is 9.53 Å². The van der Waals surface area contributed by atoms with E-state index in [2.05, 4.69) is 31.0 Å². The molecule has 1 amide bonds. The van der Waals surface area contributed by atoms with Crippen LogP contribution in [0, 0.1) is 0 Å². The molecule has 132 valence electrons. The summed E-state index contributed by atoms with van der Waals surface area (Å²) in [6.45, 7) is 10.2. The van der Waals surface area contributed by atoms with Gasteiger partial charge in [-0.3, -0.25) is 9.69 Å². The molecule has 0 spiro atoms. The number of hydrogen-bond acceptors (Lipinski definition) is 3. The molecule has 0 atom stereocenters. The van der Waals surface area contributed by atoms with Crippen molar-refractivity contribution in [2.24, 2.45) is 0 Å². The molecule has 5 heteroatoms. The first kappa shape index (κ1) is 21.7. The van der Waals surface area contributed by atoms with Gasteiger partial charge in [0, 0.05) is 18.6 Å². The Balaban J connectivity index is 0.00000441. The lowest BCUT2D eigenvalue weighted by Gasteiger charge is -2.30. The first-order chi connectivity index (χ1) is 10.0. The number of hydrogen-bond donors (Lipinski definition) is 1. The number of amides is 1. The predicted molar refractivity (Wildman–Crippen MR) is 94.7 cm³/mol. The van der Waals surface area contributed by atoms with Gasteiger partial charge in [-0.15, -0.1) is 12.4 Å². The summed E-state index contributed by atoms with van der Waals surface area (Å²) in [6.07, 6.45) is 8.86. The molecule has 0 aromatic heterocycles. The zero-order valence-corrected chi connectivity index (χ0v) is 15.5. The van der Waals surface area contributed by atoms with Crippen molar-refractivity contribution in [2.75, 3.05) is 32.8 Å². The maximum atomic E-state index is 12.1. The van der Waals surface area contributed by atoms with Gasteiger partial charge < -0.3 is 10.1 Å². The van der Waals surface area contributed by atoms with E-state index in [4.69, 9.17) is 4.74 Å². The third-order valence-corrected chi connectivity index (χ3v) is 4.10. The average molecular weight is 335 g/mol. The van der Waals surface area contributed by atoms with Crippen molar-refractivity contribution in [1.82, 2.24) is 10.2 Å². The fourth-order valence-electron chi connectivity index (χ4n) is 2.79. The van der Waals surface area contributed by atoms with Crippen molar-refractivity contribution < 1.29 is 9.53 Å². The summed E-state index contributed by atoms with van der Waals surface area (Å²) >= 11 is 0. The van der Waals surface area contributed by atoms with Crippen LogP contribution in [0.15, 0.2) is 0 Å². The van der Waals surface area contributed by atoms with Gasteiger partial charge in [-0.05, 0) is 20.3 Å². The number of nitrogens with one attached hydrogen (secondary N) is 1. The molecule has 0 aromatic rings. The van der Waals surface area contributed by atoms with Gasteiger partial charge in [0.05, 0.1) is 19.8 Å². The summed E-state index contributed by atoms with van der Waals surface area (Å²) in [7, 11) is 0. The summed E-state index contributed by atoms with van der Waals surface area (Å²) in [5, 5.41) is 3.18. The quantitative estimate of drug-likeness (QED) is 0.623. The summed E-state index contributed by atoms with van der Waals surface area (Å²) in [5.41, 5.74) is -0.0892. The Morgan fingerprint density at radius 3 is 2.32 bits per heavy atom. The molecule has 0 saturated carbocycles.